The SMILES string of the molecule is COc1cc2c(cc1OC)[C@@H](C(=O)Nc1cccc(Cl)c1)[C@@H](c1cccs1)N(C)C2=O. The number of anilines is 1. The maximum atomic E-state index is 13.6. The molecule has 0 radical (unpaired) electrons. The van der Waals surface area contributed by atoms with Crippen molar-refractivity contribution in [3.8, 4) is 11.5 Å². The van der Waals surface area contributed by atoms with Crippen molar-refractivity contribution in [3.63, 3.8) is 0 Å². The molecular weight excluding hydrogens is 436 g/mol. The summed E-state index contributed by atoms with van der Waals surface area (Å²) < 4.78 is 10.8. The van der Waals surface area contributed by atoms with E-state index in [0.29, 0.717) is 33.3 Å². The molecule has 160 valence electrons. The lowest BCUT2D eigenvalue weighted by atomic mass is 9.81. The van der Waals surface area contributed by atoms with Crippen molar-refractivity contribution in [2.24, 2.45) is 0 Å². The third-order valence-corrected chi connectivity index (χ3v) is 6.56. The maximum Gasteiger partial charge on any atom is 0.254 e. The summed E-state index contributed by atoms with van der Waals surface area (Å²) in [4.78, 5) is 29.4. The molecule has 0 saturated heterocycles. The number of nitrogens with one attached hydrogen (secondary N) is 1. The first-order valence-electron chi connectivity index (χ1n) is 9.57. The fourth-order valence-corrected chi connectivity index (χ4v) is 5.03. The van der Waals surface area contributed by atoms with E-state index in [9.17, 15) is 9.59 Å². The second kappa shape index (κ2) is 8.61. The molecule has 0 unspecified atom stereocenters. The molecule has 2 heterocycles. The Labute approximate surface area is 189 Å². The van der Waals surface area contributed by atoms with Crippen LogP contribution in [0.5, 0.6) is 11.5 Å². The molecular formula is C23H21ClN2O4S. The van der Waals surface area contributed by atoms with Crippen molar-refractivity contribution in [2.75, 3.05) is 26.6 Å². The lowest BCUT2D eigenvalue weighted by Gasteiger charge is -2.39. The Balaban J connectivity index is 1.86. The molecule has 4 rings (SSSR count). The van der Waals surface area contributed by atoms with Crippen LogP contribution in [0.25, 0.3) is 0 Å². The summed E-state index contributed by atoms with van der Waals surface area (Å²) in [5.74, 6) is -0.180. The quantitative estimate of drug-likeness (QED) is 0.588. The van der Waals surface area contributed by atoms with Gasteiger partial charge in [0.15, 0.2) is 11.5 Å². The van der Waals surface area contributed by atoms with Crippen LogP contribution in [0.4, 0.5) is 5.69 Å². The Kier molecular flexibility index (Phi) is 5.89. The normalized spacial score (nSPS) is 17.8. The van der Waals surface area contributed by atoms with Gasteiger partial charge in [-0.25, -0.2) is 0 Å². The van der Waals surface area contributed by atoms with E-state index in [-0.39, 0.29) is 11.8 Å². The number of ether oxygens (including phenoxy) is 2. The maximum absolute atomic E-state index is 13.6. The molecule has 1 N–H and O–H groups in total. The number of hydrogen-bond donors (Lipinski definition) is 1. The van der Waals surface area contributed by atoms with Crippen LogP contribution < -0.4 is 14.8 Å². The van der Waals surface area contributed by atoms with Gasteiger partial charge in [0.05, 0.1) is 26.2 Å². The van der Waals surface area contributed by atoms with E-state index >= 15 is 0 Å². The highest BCUT2D eigenvalue weighted by Gasteiger charge is 2.44. The lowest BCUT2D eigenvalue weighted by molar-refractivity contribution is -0.119. The fourth-order valence-electron chi connectivity index (χ4n) is 3.93. The van der Waals surface area contributed by atoms with Crippen LogP contribution in [0.15, 0.2) is 53.9 Å². The molecule has 0 spiro atoms. The van der Waals surface area contributed by atoms with Crippen LogP contribution >= 0.6 is 22.9 Å². The van der Waals surface area contributed by atoms with Crippen LogP contribution in [0.2, 0.25) is 5.02 Å². The van der Waals surface area contributed by atoms with Gasteiger partial charge in [0.25, 0.3) is 5.91 Å². The Hall–Kier alpha value is -3.03. The van der Waals surface area contributed by atoms with Crippen molar-refractivity contribution >= 4 is 40.4 Å². The Morgan fingerprint density at radius 2 is 1.84 bits per heavy atom. The summed E-state index contributed by atoms with van der Waals surface area (Å²) in [6.45, 7) is 0. The molecule has 1 aromatic heterocycles. The third kappa shape index (κ3) is 3.86. The second-order valence-electron chi connectivity index (χ2n) is 7.15. The zero-order valence-corrected chi connectivity index (χ0v) is 18.8. The fraction of sp³-hybridized carbons (Fsp3) is 0.217. The monoisotopic (exact) mass is 456 g/mol. The van der Waals surface area contributed by atoms with Gasteiger partial charge in [0.2, 0.25) is 5.91 Å². The van der Waals surface area contributed by atoms with Gasteiger partial charge in [0.1, 0.15) is 0 Å². The smallest absolute Gasteiger partial charge is 0.254 e. The average Bonchev–Trinajstić information content (AvgIpc) is 3.29. The molecule has 2 aromatic carbocycles. The number of halogens is 1. The van der Waals surface area contributed by atoms with Crippen LogP contribution in [-0.2, 0) is 4.79 Å². The second-order valence-corrected chi connectivity index (χ2v) is 8.56. The first-order chi connectivity index (χ1) is 14.9. The molecule has 6 nitrogen and oxygen atoms in total. The van der Waals surface area contributed by atoms with E-state index in [1.807, 2.05) is 17.5 Å². The van der Waals surface area contributed by atoms with Gasteiger partial charge in [-0.3, -0.25) is 9.59 Å². The number of nitrogens with zero attached hydrogens (tertiary/aromatic N) is 1. The number of likely N-dealkylation sites (N-methyl/N-ethyl adjacent to an activating group) is 1. The highest BCUT2D eigenvalue weighted by atomic mass is 35.5. The molecule has 0 fully saturated rings. The zero-order valence-electron chi connectivity index (χ0n) is 17.2. The van der Waals surface area contributed by atoms with Crippen molar-refractivity contribution in [1.29, 1.82) is 0 Å². The highest BCUT2D eigenvalue weighted by Crippen LogP contribution is 2.46. The van der Waals surface area contributed by atoms with Gasteiger partial charge in [-0.05, 0) is 47.3 Å². The molecule has 2 atom stereocenters. The van der Waals surface area contributed by atoms with E-state index in [4.69, 9.17) is 21.1 Å². The Morgan fingerprint density at radius 3 is 2.48 bits per heavy atom. The Morgan fingerprint density at radius 1 is 1.10 bits per heavy atom. The van der Waals surface area contributed by atoms with Gasteiger partial charge in [-0.2, -0.15) is 0 Å². The first kappa shape index (κ1) is 21.2. The Bertz CT molecular complexity index is 1130. The minimum Gasteiger partial charge on any atom is -0.493 e. The van der Waals surface area contributed by atoms with Crippen LogP contribution in [0.3, 0.4) is 0 Å². The summed E-state index contributed by atoms with van der Waals surface area (Å²) in [7, 11) is 4.75. The zero-order chi connectivity index (χ0) is 22.1. The van der Waals surface area contributed by atoms with Crippen LogP contribution in [0, 0.1) is 0 Å². The lowest BCUT2D eigenvalue weighted by Crippen LogP contribution is -2.43. The largest absolute Gasteiger partial charge is 0.493 e. The molecule has 1 aliphatic rings. The topological polar surface area (TPSA) is 67.9 Å². The number of amides is 2. The molecule has 0 saturated carbocycles. The van der Waals surface area contributed by atoms with Crippen LogP contribution in [-0.4, -0.2) is 38.0 Å². The third-order valence-electron chi connectivity index (χ3n) is 5.38. The van der Waals surface area contributed by atoms with Gasteiger partial charge in [-0.1, -0.05) is 23.7 Å². The van der Waals surface area contributed by atoms with Gasteiger partial charge >= 0.3 is 0 Å². The van der Waals surface area contributed by atoms with Crippen molar-refractivity contribution in [3.05, 3.63) is 74.9 Å². The number of carbonyl (C=O) groups is 2. The van der Waals surface area contributed by atoms with E-state index in [2.05, 4.69) is 5.32 Å². The molecule has 31 heavy (non-hydrogen) atoms. The predicted octanol–water partition coefficient (Wildman–Crippen LogP) is 4.97. The number of carbonyl (C=O) groups excluding carboxylic acids is 2. The highest BCUT2D eigenvalue weighted by molar-refractivity contribution is 7.10. The average molecular weight is 457 g/mol. The van der Waals surface area contributed by atoms with Gasteiger partial charge in [-0.15, -0.1) is 11.3 Å². The van der Waals surface area contributed by atoms with Crippen molar-refractivity contribution in [2.45, 2.75) is 12.0 Å². The molecule has 2 amide bonds. The van der Waals surface area contributed by atoms with Crippen molar-refractivity contribution < 1.29 is 19.1 Å². The summed E-state index contributed by atoms with van der Waals surface area (Å²) in [5, 5.41) is 5.42. The van der Waals surface area contributed by atoms with Gasteiger partial charge in [0, 0.05) is 28.2 Å². The summed E-state index contributed by atoms with van der Waals surface area (Å²) in [5.41, 5.74) is 1.60. The number of thiophene rings is 1. The number of fused-ring (bicyclic) bond motifs is 1. The summed E-state index contributed by atoms with van der Waals surface area (Å²) in [6.07, 6.45) is 0. The van der Waals surface area contributed by atoms with E-state index in [1.165, 1.54) is 25.6 Å². The number of rotatable bonds is 5. The standard InChI is InChI=1S/C23H21ClN2O4S/c1-26-21(19-8-5-9-31-19)20(22(27)25-14-7-4-6-13(24)10-14)15-11-17(29-2)18(30-3)12-16(15)23(26)28/h4-12,20-21H,1-3H3,(H,25,27)/t20-,21-/m1/s1. The molecule has 1 aliphatic heterocycles. The molecule has 8 heteroatoms. The summed E-state index contributed by atoms with van der Waals surface area (Å²) in [6, 6.07) is 13.7. The number of benzene rings is 2. The minimum atomic E-state index is -0.657. The van der Waals surface area contributed by atoms with Crippen molar-refractivity contribution in [1.82, 2.24) is 4.90 Å². The predicted molar refractivity (Wildman–Crippen MR) is 122 cm³/mol. The molecule has 0 bridgehead atoms. The summed E-state index contributed by atoms with van der Waals surface area (Å²) >= 11 is 7.59. The van der Waals surface area contributed by atoms with Gasteiger partial charge < -0.3 is 19.7 Å². The van der Waals surface area contributed by atoms with E-state index in [1.54, 1.807) is 48.3 Å². The van der Waals surface area contributed by atoms with E-state index in [0.717, 1.165) is 4.88 Å². The number of hydrogen-bond acceptors (Lipinski definition) is 5. The minimum absolute atomic E-state index is 0.179. The number of methoxy groups -OCH3 is 2. The molecule has 3 aromatic rings. The van der Waals surface area contributed by atoms with E-state index < -0.39 is 12.0 Å². The van der Waals surface area contributed by atoms with Crippen LogP contribution in [0.1, 0.15) is 32.8 Å². The molecule has 0 aliphatic carbocycles. The first-order valence-corrected chi connectivity index (χ1v) is 10.8.